The lowest BCUT2D eigenvalue weighted by atomic mass is 10.1. The van der Waals surface area contributed by atoms with Crippen molar-refractivity contribution in [3.63, 3.8) is 0 Å². The molecule has 3 rings (SSSR count). The average molecular weight is 258 g/mol. The van der Waals surface area contributed by atoms with Gasteiger partial charge in [-0.15, -0.1) is 0 Å². The third-order valence-corrected chi connectivity index (χ3v) is 4.08. The lowest BCUT2D eigenvalue weighted by molar-refractivity contribution is 0.351. The van der Waals surface area contributed by atoms with Gasteiger partial charge in [0.1, 0.15) is 11.3 Å². The van der Waals surface area contributed by atoms with Gasteiger partial charge in [-0.25, -0.2) is 9.97 Å². The smallest absolute Gasteiger partial charge is 0.160 e. The van der Waals surface area contributed by atoms with Gasteiger partial charge in [-0.1, -0.05) is 6.92 Å². The van der Waals surface area contributed by atoms with Crippen LogP contribution in [0, 0.1) is 0 Å². The zero-order chi connectivity index (χ0) is 13.4. The first-order chi connectivity index (χ1) is 9.20. The van der Waals surface area contributed by atoms with Crippen LogP contribution in [0.3, 0.4) is 0 Å². The fourth-order valence-electron chi connectivity index (χ4n) is 3.07. The monoisotopic (exact) mass is 258 g/mol. The van der Waals surface area contributed by atoms with E-state index in [0.29, 0.717) is 12.0 Å². The first-order valence-electron chi connectivity index (χ1n) is 7.26. The van der Waals surface area contributed by atoms with Crippen molar-refractivity contribution in [3.05, 3.63) is 24.2 Å². The molecule has 0 spiro atoms. The molecular weight excluding hydrogens is 236 g/mol. The molecule has 1 aliphatic heterocycles. The zero-order valence-corrected chi connectivity index (χ0v) is 12.0. The fraction of sp³-hybridized carbons (Fsp3) is 0.600. The van der Waals surface area contributed by atoms with Crippen molar-refractivity contribution in [1.29, 1.82) is 0 Å². The van der Waals surface area contributed by atoms with Gasteiger partial charge in [-0.05, 0) is 45.5 Å². The molecule has 1 unspecified atom stereocenters. The van der Waals surface area contributed by atoms with E-state index in [1.165, 1.54) is 18.8 Å². The molecule has 0 amide bonds. The Bertz CT molecular complexity index is 573. The lowest BCUT2D eigenvalue weighted by Gasteiger charge is -2.17. The molecule has 2 aromatic heterocycles. The van der Waals surface area contributed by atoms with Crippen LogP contribution in [-0.2, 0) is 0 Å². The van der Waals surface area contributed by atoms with Gasteiger partial charge in [-0.2, -0.15) is 0 Å². The molecule has 2 aromatic rings. The van der Waals surface area contributed by atoms with Crippen LogP contribution in [0.4, 0.5) is 0 Å². The Hall–Kier alpha value is -1.42. The molecule has 0 aromatic carbocycles. The first kappa shape index (κ1) is 12.6. The summed E-state index contributed by atoms with van der Waals surface area (Å²) >= 11 is 0. The molecule has 19 heavy (non-hydrogen) atoms. The van der Waals surface area contributed by atoms with Crippen LogP contribution in [-0.4, -0.2) is 39.1 Å². The second-order valence-corrected chi connectivity index (χ2v) is 5.66. The number of hydrogen-bond donors (Lipinski definition) is 0. The van der Waals surface area contributed by atoms with E-state index in [1.807, 2.05) is 12.3 Å². The third-order valence-electron chi connectivity index (χ3n) is 4.08. The van der Waals surface area contributed by atoms with E-state index in [9.17, 15) is 0 Å². The number of likely N-dealkylation sites (N-methyl/N-ethyl adjacent to an activating group) is 1. The molecule has 0 bridgehead atoms. The van der Waals surface area contributed by atoms with Crippen LogP contribution < -0.4 is 0 Å². The predicted octanol–water partition coefficient (Wildman–Crippen LogP) is 2.82. The topological polar surface area (TPSA) is 34.0 Å². The van der Waals surface area contributed by atoms with E-state index in [1.54, 1.807) is 0 Å². The van der Waals surface area contributed by atoms with Crippen molar-refractivity contribution in [1.82, 2.24) is 19.4 Å². The number of rotatable bonds is 3. The molecule has 102 valence electrons. The molecule has 0 saturated carbocycles. The highest BCUT2D eigenvalue weighted by Gasteiger charge is 2.28. The van der Waals surface area contributed by atoms with Crippen LogP contribution in [0.2, 0.25) is 0 Å². The molecule has 4 heteroatoms. The van der Waals surface area contributed by atoms with Crippen molar-refractivity contribution < 1.29 is 0 Å². The van der Waals surface area contributed by atoms with E-state index >= 15 is 0 Å². The molecular formula is C15H22N4. The van der Waals surface area contributed by atoms with Gasteiger partial charge < -0.3 is 9.47 Å². The second kappa shape index (κ2) is 4.93. The summed E-state index contributed by atoms with van der Waals surface area (Å²) in [4.78, 5) is 11.9. The Morgan fingerprint density at radius 3 is 2.95 bits per heavy atom. The largest absolute Gasteiger partial charge is 0.310 e. The van der Waals surface area contributed by atoms with Crippen molar-refractivity contribution >= 4 is 11.2 Å². The molecule has 1 atom stereocenters. The van der Waals surface area contributed by atoms with E-state index in [0.717, 1.165) is 24.3 Å². The predicted molar refractivity (Wildman–Crippen MR) is 77.4 cm³/mol. The van der Waals surface area contributed by atoms with E-state index < -0.39 is 0 Å². The van der Waals surface area contributed by atoms with Gasteiger partial charge in [0.2, 0.25) is 0 Å². The number of aromatic nitrogens is 3. The standard InChI is InChI=1S/C15H22N4/c1-4-18-9-7-12(10-18)14-17-13-6-5-8-16-15(13)19(14)11(2)3/h5-6,8,11-12H,4,7,9-10H2,1-3H3. The lowest BCUT2D eigenvalue weighted by Crippen LogP contribution is -2.20. The Morgan fingerprint density at radius 1 is 1.42 bits per heavy atom. The molecule has 1 aliphatic rings. The molecule has 0 radical (unpaired) electrons. The number of fused-ring (bicyclic) bond motifs is 1. The van der Waals surface area contributed by atoms with Crippen molar-refractivity contribution in [2.75, 3.05) is 19.6 Å². The summed E-state index contributed by atoms with van der Waals surface area (Å²) in [6, 6.07) is 4.44. The number of nitrogens with zero attached hydrogens (tertiary/aromatic N) is 4. The minimum Gasteiger partial charge on any atom is -0.310 e. The molecule has 1 saturated heterocycles. The summed E-state index contributed by atoms with van der Waals surface area (Å²) < 4.78 is 2.32. The SMILES string of the molecule is CCN1CCC(c2nc3cccnc3n2C(C)C)C1. The molecule has 0 aliphatic carbocycles. The maximum atomic E-state index is 4.86. The number of pyridine rings is 1. The van der Waals surface area contributed by atoms with Gasteiger partial charge in [0, 0.05) is 24.7 Å². The quantitative estimate of drug-likeness (QED) is 0.849. The molecule has 1 fully saturated rings. The fourth-order valence-corrected chi connectivity index (χ4v) is 3.07. The van der Waals surface area contributed by atoms with E-state index in [4.69, 9.17) is 4.98 Å². The van der Waals surface area contributed by atoms with E-state index in [2.05, 4.69) is 41.3 Å². The number of imidazole rings is 1. The summed E-state index contributed by atoms with van der Waals surface area (Å²) in [7, 11) is 0. The molecule has 3 heterocycles. The summed E-state index contributed by atoms with van der Waals surface area (Å²) in [5.41, 5.74) is 2.06. The van der Waals surface area contributed by atoms with Crippen molar-refractivity contribution in [3.8, 4) is 0 Å². The normalized spacial score (nSPS) is 20.7. The number of hydrogen-bond acceptors (Lipinski definition) is 3. The van der Waals surface area contributed by atoms with Crippen LogP contribution >= 0.6 is 0 Å². The highest BCUT2D eigenvalue weighted by molar-refractivity contribution is 5.71. The Labute approximate surface area is 114 Å². The van der Waals surface area contributed by atoms with Crippen LogP contribution in [0.5, 0.6) is 0 Å². The third kappa shape index (κ3) is 2.14. The van der Waals surface area contributed by atoms with Crippen LogP contribution in [0.25, 0.3) is 11.2 Å². The summed E-state index contributed by atoms with van der Waals surface area (Å²) in [5.74, 6) is 1.77. The Kier molecular flexibility index (Phi) is 3.27. The van der Waals surface area contributed by atoms with E-state index in [-0.39, 0.29) is 0 Å². The minimum absolute atomic E-state index is 0.408. The highest BCUT2D eigenvalue weighted by atomic mass is 15.2. The van der Waals surface area contributed by atoms with Crippen LogP contribution in [0.1, 0.15) is 45.0 Å². The first-order valence-corrected chi connectivity index (χ1v) is 7.26. The highest BCUT2D eigenvalue weighted by Crippen LogP contribution is 2.30. The van der Waals surface area contributed by atoms with Gasteiger partial charge >= 0.3 is 0 Å². The van der Waals surface area contributed by atoms with Gasteiger partial charge in [-0.3, -0.25) is 0 Å². The minimum atomic E-state index is 0.408. The maximum Gasteiger partial charge on any atom is 0.160 e. The average Bonchev–Trinajstić information content (AvgIpc) is 3.02. The zero-order valence-electron chi connectivity index (χ0n) is 12.0. The summed E-state index contributed by atoms with van der Waals surface area (Å²) in [6.07, 6.45) is 3.07. The number of likely N-dealkylation sites (tertiary alicyclic amines) is 1. The molecule has 0 N–H and O–H groups in total. The summed E-state index contributed by atoms with van der Waals surface area (Å²) in [6.45, 7) is 10.1. The van der Waals surface area contributed by atoms with Crippen molar-refractivity contribution in [2.45, 2.75) is 39.2 Å². The van der Waals surface area contributed by atoms with Gasteiger partial charge in [0.15, 0.2) is 5.65 Å². The van der Waals surface area contributed by atoms with Crippen molar-refractivity contribution in [2.24, 2.45) is 0 Å². The second-order valence-electron chi connectivity index (χ2n) is 5.66. The summed E-state index contributed by atoms with van der Waals surface area (Å²) in [5, 5.41) is 0. The van der Waals surface area contributed by atoms with Gasteiger partial charge in [0.05, 0.1) is 0 Å². The maximum absolute atomic E-state index is 4.86. The van der Waals surface area contributed by atoms with Crippen LogP contribution in [0.15, 0.2) is 18.3 Å². The Balaban J connectivity index is 2.05. The Morgan fingerprint density at radius 2 is 2.26 bits per heavy atom. The van der Waals surface area contributed by atoms with Gasteiger partial charge in [0.25, 0.3) is 0 Å². The molecule has 4 nitrogen and oxygen atoms in total.